The van der Waals surface area contributed by atoms with E-state index in [4.69, 9.17) is 10.8 Å². The summed E-state index contributed by atoms with van der Waals surface area (Å²) in [6, 6.07) is -1.10. The minimum absolute atomic E-state index is 0.0390. The fourth-order valence-corrected chi connectivity index (χ4v) is 0.758. The number of carbonyl (C=O) groups excluding carboxylic acids is 2. The van der Waals surface area contributed by atoms with Crippen LogP contribution >= 0.6 is 22.6 Å². The predicted molar refractivity (Wildman–Crippen MR) is 54.8 cm³/mol. The molecular formula is C7H10INO5. The molecule has 0 saturated carbocycles. The molecule has 7 heteroatoms. The zero-order valence-electron chi connectivity index (χ0n) is 7.23. The quantitative estimate of drug-likeness (QED) is 0.312. The van der Waals surface area contributed by atoms with Crippen molar-refractivity contribution in [3.63, 3.8) is 0 Å². The van der Waals surface area contributed by atoms with Gasteiger partial charge in [-0.1, -0.05) is 22.6 Å². The Bertz CT molecular complexity index is 242. The van der Waals surface area contributed by atoms with E-state index in [2.05, 4.69) is 4.74 Å². The molecule has 80 valence electrons. The number of carboxylic acids is 1. The molecule has 0 aliphatic heterocycles. The van der Waals surface area contributed by atoms with E-state index < -0.39 is 23.9 Å². The molecule has 0 aliphatic carbocycles. The van der Waals surface area contributed by atoms with Gasteiger partial charge in [0, 0.05) is 6.42 Å². The van der Waals surface area contributed by atoms with Gasteiger partial charge < -0.3 is 15.6 Å². The lowest BCUT2D eigenvalue weighted by Gasteiger charge is -2.04. The number of ether oxygens (including phenoxy) is 1. The van der Waals surface area contributed by atoms with Crippen LogP contribution in [0.15, 0.2) is 0 Å². The summed E-state index contributed by atoms with van der Waals surface area (Å²) < 4.78 is 4.37. The highest BCUT2D eigenvalue weighted by Gasteiger charge is 2.15. The summed E-state index contributed by atoms with van der Waals surface area (Å²) in [6.45, 7) is 0. The van der Waals surface area contributed by atoms with Crippen molar-refractivity contribution < 1.29 is 24.2 Å². The van der Waals surface area contributed by atoms with Crippen LogP contribution in [0.25, 0.3) is 0 Å². The van der Waals surface area contributed by atoms with Crippen LogP contribution in [0.1, 0.15) is 12.8 Å². The fraction of sp³-hybridized carbons (Fsp3) is 0.571. The Morgan fingerprint density at radius 3 is 2.36 bits per heavy atom. The van der Waals surface area contributed by atoms with E-state index in [1.165, 1.54) is 0 Å². The topological polar surface area (TPSA) is 107 Å². The Morgan fingerprint density at radius 2 is 1.93 bits per heavy atom. The number of esters is 2. The second kappa shape index (κ2) is 6.71. The van der Waals surface area contributed by atoms with Crippen LogP contribution < -0.4 is 5.73 Å². The van der Waals surface area contributed by atoms with E-state index >= 15 is 0 Å². The first-order valence-corrected chi connectivity index (χ1v) is 5.27. The van der Waals surface area contributed by atoms with Gasteiger partial charge in [0.1, 0.15) is 6.04 Å². The maximum absolute atomic E-state index is 10.8. The molecule has 0 aliphatic rings. The van der Waals surface area contributed by atoms with Crippen molar-refractivity contribution >= 4 is 40.5 Å². The highest BCUT2D eigenvalue weighted by Crippen LogP contribution is 1.98. The molecule has 3 N–H and O–H groups in total. The van der Waals surface area contributed by atoms with Crippen LogP contribution in [0, 0.1) is 0 Å². The molecule has 0 unspecified atom stereocenters. The van der Waals surface area contributed by atoms with Gasteiger partial charge in [0.2, 0.25) is 0 Å². The number of hydrogen-bond acceptors (Lipinski definition) is 5. The summed E-state index contributed by atoms with van der Waals surface area (Å²) in [7, 11) is 0. The first kappa shape index (κ1) is 13.3. The van der Waals surface area contributed by atoms with Crippen molar-refractivity contribution in [3.8, 4) is 0 Å². The van der Waals surface area contributed by atoms with E-state index in [1.807, 2.05) is 0 Å². The summed E-state index contributed by atoms with van der Waals surface area (Å²) in [4.78, 5) is 31.7. The molecule has 14 heavy (non-hydrogen) atoms. The van der Waals surface area contributed by atoms with E-state index in [-0.39, 0.29) is 17.3 Å². The largest absolute Gasteiger partial charge is 0.480 e. The molecule has 0 aromatic heterocycles. The van der Waals surface area contributed by atoms with E-state index in [0.29, 0.717) is 0 Å². The normalized spacial score (nSPS) is 11.9. The molecule has 0 amide bonds. The number of nitrogens with two attached hydrogens (primary N) is 1. The second-order valence-corrected chi connectivity index (χ2v) is 3.23. The molecule has 0 fully saturated rings. The third-order valence-corrected chi connectivity index (χ3v) is 1.94. The molecule has 0 radical (unpaired) electrons. The number of carbonyl (C=O) groups is 3. The Morgan fingerprint density at radius 1 is 1.36 bits per heavy atom. The second-order valence-electron chi connectivity index (χ2n) is 2.46. The van der Waals surface area contributed by atoms with Gasteiger partial charge >= 0.3 is 17.9 Å². The van der Waals surface area contributed by atoms with E-state index in [0.717, 1.165) is 0 Å². The lowest BCUT2D eigenvalue weighted by molar-refractivity contribution is -0.157. The number of halogens is 1. The van der Waals surface area contributed by atoms with E-state index in [1.54, 1.807) is 22.6 Å². The molecular weight excluding hydrogens is 305 g/mol. The third-order valence-electron chi connectivity index (χ3n) is 1.31. The number of alkyl halides is 1. The minimum atomic E-state index is -1.18. The van der Waals surface area contributed by atoms with Gasteiger partial charge in [-0.05, 0) is 6.42 Å². The van der Waals surface area contributed by atoms with Crippen LogP contribution in [-0.2, 0) is 19.1 Å². The fourth-order valence-electron chi connectivity index (χ4n) is 0.602. The molecule has 1 atom stereocenters. The SMILES string of the molecule is N[C@@H](CCC(=O)OC(=O)CI)C(=O)O. The van der Waals surface area contributed by atoms with E-state index in [9.17, 15) is 14.4 Å². The highest BCUT2D eigenvalue weighted by molar-refractivity contribution is 14.1. The van der Waals surface area contributed by atoms with Gasteiger partial charge in [-0.2, -0.15) is 0 Å². The summed E-state index contributed by atoms with van der Waals surface area (Å²) in [5, 5.41) is 8.38. The summed E-state index contributed by atoms with van der Waals surface area (Å²) in [5.74, 6) is -2.57. The maximum atomic E-state index is 10.8. The van der Waals surface area contributed by atoms with Crippen molar-refractivity contribution in [3.05, 3.63) is 0 Å². The Kier molecular flexibility index (Phi) is 6.37. The Hall–Kier alpha value is -0.700. The lowest BCUT2D eigenvalue weighted by atomic mass is 10.2. The van der Waals surface area contributed by atoms with Crippen molar-refractivity contribution in [1.82, 2.24) is 0 Å². The van der Waals surface area contributed by atoms with Crippen LogP contribution in [0.3, 0.4) is 0 Å². The van der Waals surface area contributed by atoms with Gasteiger partial charge in [-0.25, -0.2) is 0 Å². The molecule has 0 rings (SSSR count). The van der Waals surface area contributed by atoms with Crippen molar-refractivity contribution in [2.75, 3.05) is 4.43 Å². The van der Waals surface area contributed by atoms with Crippen LogP contribution in [-0.4, -0.2) is 33.5 Å². The molecule has 0 heterocycles. The Labute approximate surface area is 93.9 Å². The summed E-state index contributed by atoms with van der Waals surface area (Å²) in [6.07, 6.45) is -0.210. The first-order valence-electron chi connectivity index (χ1n) is 3.75. The van der Waals surface area contributed by atoms with Gasteiger partial charge in [0.25, 0.3) is 0 Å². The number of aliphatic carboxylic acids is 1. The standard InChI is InChI=1S/C7H10INO5/c8-3-6(11)14-5(10)2-1-4(9)7(12)13/h4H,1-3,9H2,(H,12,13)/t4-/m0/s1. The van der Waals surface area contributed by atoms with Gasteiger partial charge in [0.15, 0.2) is 0 Å². The highest BCUT2D eigenvalue weighted by atomic mass is 127. The number of hydrogen-bond donors (Lipinski definition) is 2. The van der Waals surface area contributed by atoms with Crippen molar-refractivity contribution in [2.24, 2.45) is 5.73 Å². The zero-order chi connectivity index (χ0) is 11.1. The number of carboxylic acid groups (broad SMARTS) is 1. The number of rotatable bonds is 5. The van der Waals surface area contributed by atoms with Crippen molar-refractivity contribution in [1.29, 1.82) is 0 Å². The molecule has 0 spiro atoms. The van der Waals surface area contributed by atoms with Gasteiger partial charge in [-0.3, -0.25) is 14.4 Å². The third kappa shape index (κ3) is 5.86. The monoisotopic (exact) mass is 315 g/mol. The average molecular weight is 315 g/mol. The predicted octanol–water partition coefficient (Wildman–Crippen LogP) is -0.317. The summed E-state index contributed by atoms with van der Waals surface area (Å²) in [5.41, 5.74) is 5.13. The van der Waals surface area contributed by atoms with Gasteiger partial charge in [-0.15, -0.1) is 0 Å². The van der Waals surface area contributed by atoms with Crippen LogP contribution in [0.5, 0.6) is 0 Å². The average Bonchev–Trinajstić information content (AvgIpc) is 2.13. The van der Waals surface area contributed by atoms with Crippen LogP contribution in [0.2, 0.25) is 0 Å². The summed E-state index contributed by atoms with van der Waals surface area (Å²) >= 11 is 1.75. The van der Waals surface area contributed by atoms with Crippen LogP contribution in [0.4, 0.5) is 0 Å². The minimum Gasteiger partial charge on any atom is -0.480 e. The molecule has 0 bridgehead atoms. The molecule has 6 nitrogen and oxygen atoms in total. The first-order chi connectivity index (χ1) is 6.47. The van der Waals surface area contributed by atoms with Crippen molar-refractivity contribution in [2.45, 2.75) is 18.9 Å². The smallest absolute Gasteiger partial charge is 0.323 e. The molecule has 0 aromatic rings. The zero-order valence-corrected chi connectivity index (χ0v) is 9.39. The lowest BCUT2D eigenvalue weighted by Crippen LogP contribution is -2.31. The molecule has 0 aromatic carbocycles. The molecule has 0 saturated heterocycles. The van der Waals surface area contributed by atoms with Gasteiger partial charge in [0.05, 0.1) is 4.43 Å². The maximum Gasteiger partial charge on any atom is 0.323 e. The Balaban J connectivity index is 3.74.